The third-order valence-corrected chi connectivity index (χ3v) is 2.19. The Balaban J connectivity index is 2.32. The van der Waals surface area contributed by atoms with Gasteiger partial charge in [0.05, 0.1) is 5.69 Å². The van der Waals surface area contributed by atoms with Crippen LogP contribution >= 0.6 is 0 Å². The van der Waals surface area contributed by atoms with Gasteiger partial charge in [0.15, 0.2) is 5.67 Å². The molecule has 1 heterocycles. The van der Waals surface area contributed by atoms with Crippen LogP contribution in [-0.2, 0) is 5.67 Å². The predicted octanol–water partition coefficient (Wildman–Crippen LogP) is 3.06. The summed E-state index contributed by atoms with van der Waals surface area (Å²) >= 11 is 0. The summed E-state index contributed by atoms with van der Waals surface area (Å²) in [4.78, 5) is 3.92. The minimum absolute atomic E-state index is 0.00630. The Morgan fingerprint density at radius 2 is 2.21 bits per heavy atom. The van der Waals surface area contributed by atoms with E-state index in [0.29, 0.717) is 5.69 Å². The smallest absolute Gasteiger partial charge is 0.174 e. The van der Waals surface area contributed by atoms with Crippen molar-refractivity contribution in [3.63, 3.8) is 0 Å². The van der Waals surface area contributed by atoms with E-state index in [1.165, 1.54) is 18.3 Å². The van der Waals surface area contributed by atoms with Crippen molar-refractivity contribution in [3.8, 4) is 0 Å². The van der Waals surface area contributed by atoms with Gasteiger partial charge in [-0.15, -0.1) is 0 Å². The summed E-state index contributed by atoms with van der Waals surface area (Å²) in [6.07, 6.45) is 5.11. The summed E-state index contributed by atoms with van der Waals surface area (Å²) in [6.45, 7) is 0. The molecule has 0 saturated carbocycles. The molecule has 1 aliphatic rings. The summed E-state index contributed by atoms with van der Waals surface area (Å²) in [5, 5.41) is 0. The number of hydrogen-bond acceptors (Lipinski definition) is 1. The summed E-state index contributed by atoms with van der Waals surface area (Å²) in [6, 6.07) is 5.03. The number of aromatic nitrogens is 1. The average Bonchev–Trinajstić information content (AvgIpc) is 2.24. The van der Waals surface area contributed by atoms with Gasteiger partial charge in [-0.3, -0.25) is 4.98 Å². The van der Waals surface area contributed by atoms with Gasteiger partial charge >= 0.3 is 0 Å². The van der Waals surface area contributed by atoms with Crippen molar-refractivity contribution in [1.29, 1.82) is 0 Å². The molecule has 0 bridgehead atoms. The third-order valence-electron chi connectivity index (χ3n) is 2.19. The fourth-order valence-electron chi connectivity index (χ4n) is 1.39. The predicted molar refractivity (Wildman–Crippen MR) is 50.0 cm³/mol. The second kappa shape index (κ2) is 3.33. The highest BCUT2D eigenvalue weighted by atomic mass is 19.1. The maximum Gasteiger partial charge on any atom is 0.174 e. The van der Waals surface area contributed by atoms with E-state index >= 15 is 0 Å². The zero-order valence-electron chi connectivity index (χ0n) is 7.45. The lowest BCUT2D eigenvalue weighted by molar-refractivity contribution is 0.226. The molecule has 0 fully saturated rings. The molecular formula is C11H9F2N. The molecule has 0 spiro atoms. The maximum atomic E-state index is 14.1. The molecule has 14 heavy (non-hydrogen) atoms. The fourth-order valence-corrected chi connectivity index (χ4v) is 1.39. The van der Waals surface area contributed by atoms with Crippen molar-refractivity contribution in [1.82, 2.24) is 4.98 Å². The number of hydrogen-bond donors (Lipinski definition) is 0. The molecular weight excluding hydrogens is 184 g/mol. The largest absolute Gasteiger partial charge is 0.258 e. The highest BCUT2D eigenvalue weighted by molar-refractivity contribution is 5.29. The fraction of sp³-hybridized carbons (Fsp3) is 0.182. The third kappa shape index (κ3) is 1.58. The van der Waals surface area contributed by atoms with Gasteiger partial charge in [-0.2, -0.15) is 0 Å². The lowest BCUT2D eigenvalue weighted by Gasteiger charge is -2.21. The van der Waals surface area contributed by atoms with Crippen LogP contribution in [0.5, 0.6) is 0 Å². The van der Waals surface area contributed by atoms with E-state index in [9.17, 15) is 8.78 Å². The molecule has 2 rings (SSSR count). The van der Waals surface area contributed by atoms with Crippen LogP contribution in [0.1, 0.15) is 12.1 Å². The van der Waals surface area contributed by atoms with Crippen molar-refractivity contribution in [2.45, 2.75) is 12.1 Å². The highest BCUT2D eigenvalue weighted by Crippen LogP contribution is 2.34. The SMILES string of the molecule is FC1=CCC(F)(c2ccccn2)C=C1. The zero-order chi connectivity index (χ0) is 10.0. The van der Waals surface area contributed by atoms with Gasteiger partial charge in [0.1, 0.15) is 5.83 Å². The first-order chi connectivity index (χ1) is 6.71. The monoisotopic (exact) mass is 193 g/mol. The lowest BCUT2D eigenvalue weighted by atomic mass is 9.93. The number of alkyl halides is 1. The Kier molecular flexibility index (Phi) is 2.15. The van der Waals surface area contributed by atoms with Crippen molar-refractivity contribution in [2.75, 3.05) is 0 Å². The molecule has 1 aromatic rings. The molecule has 0 aliphatic heterocycles. The first-order valence-corrected chi connectivity index (χ1v) is 4.36. The molecule has 1 unspecified atom stereocenters. The van der Waals surface area contributed by atoms with Crippen LogP contribution in [0.2, 0.25) is 0 Å². The minimum atomic E-state index is -1.66. The molecule has 0 aromatic carbocycles. The first kappa shape index (κ1) is 9.06. The Labute approximate surface area is 80.8 Å². The van der Waals surface area contributed by atoms with Crippen molar-refractivity contribution >= 4 is 0 Å². The normalized spacial score (nSPS) is 26.0. The lowest BCUT2D eigenvalue weighted by Crippen LogP contribution is -2.19. The second-order valence-corrected chi connectivity index (χ2v) is 3.20. The number of allylic oxidation sites excluding steroid dienone is 4. The van der Waals surface area contributed by atoms with E-state index in [-0.39, 0.29) is 6.42 Å². The number of pyridine rings is 1. The van der Waals surface area contributed by atoms with Crippen molar-refractivity contribution < 1.29 is 8.78 Å². The summed E-state index contributed by atoms with van der Waals surface area (Å²) in [5.74, 6) is -0.394. The average molecular weight is 193 g/mol. The number of nitrogens with zero attached hydrogens (tertiary/aromatic N) is 1. The Bertz CT molecular complexity index is 384. The van der Waals surface area contributed by atoms with Crippen LogP contribution in [0.3, 0.4) is 0 Å². The molecule has 0 radical (unpaired) electrons. The van der Waals surface area contributed by atoms with Crippen molar-refractivity contribution in [3.05, 3.63) is 54.1 Å². The minimum Gasteiger partial charge on any atom is -0.258 e. The van der Waals surface area contributed by atoms with Crippen LogP contribution in [0.15, 0.2) is 48.5 Å². The van der Waals surface area contributed by atoms with E-state index in [0.717, 1.165) is 6.08 Å². The van der Waals surface area contributed by atoms with Gasteiger partial charge in [-0.05, 0) is 30.4 Å². The topological polar surface area (TPSA) is 12.9 Å². The number of rotatable bonds is 1. The molecule has 1 aliphatic carbocycles. The van der Waals surface area contributed by atoms with Gasteiger partial charge < -0.3 is 0 Å². The summed E-state index contributed by atoms with van der Waals surface area (Å²) < 4.78 is 26.7. The molecule has 1 nitrogen and oxygen atoms in total. The van der Waals surface area contributed by atoms with E-state index in [1.54, 1.807) is 18.2 Å². The Hall–Kier alpha value is -1.51. The molecule has 0 saturated heterocycles. The van der Waals surface area contributed by atoms with Crippen LogP contribution in [0, 0.1) is 0 Å². The summed E-state index contributed by atoms with van der Waals surface area (Å²) in [5.41, 5.74) is -1.34. The van der Waals surface area contributed by atoms with Gasteiger partial charge in [0.25, 0.3) is 0 Å². The molecule has 0 amide bonds. The maximum absolute atomic E-state index is 14.1. The molecule has 1 atom stereocenters. The number of halogens is 2. The van der Waals surface area contributed by atoms with Crippen LogP contribution < -0.4 is 0 Å². The highest BCUT2D eigenvalue weighted by Gasteiger charge is 2.31. The van der Waals surface area contributed by atoms with E-state index < -0.39 is 11.5 Å². The van der Waals surface area contributed by atoms with Gasteiger partial charge in [-0.1, -0.05) is 6.07 Å². The van der Waals surface area contributed by atoms with Crippen molar-refractivity contribution in [2.24, 2.45) is 0 Å². The standard InChI is InChI=1S/C11H9F2N/c12-9-4-6-11(13,7-5-9)10-3-1-2-8-14-10/h1-6,8H,7H2. The molecule has 1 aromatic heterocycles. The molecule has 3 heteroatoms. The molecule has 0 N–H and O–H groups in total. The van der Waals surface area contributed by atoms with Gasteiger partial charge in [-0.25, -0.2) is 8.78 Å². The van der Waals surface area contributed by atoms with Crippen LogP contribution in [-0.4, -0.2) is 4.98 Å². The summed E-state index contributed by atoms with van der Waals surface area (Å²) in [7, 11) is 0. The van der Waals surface area contributed by atoms with Crippen LogP contribution in [0.4, 0.5) is 8.78 Å². The van der Waals surface area contributed by atoms with E-state index in [1.807, 2.05) is 0 Å². The zero-order valence-corrected chi connectivity index (χ0v) is 7.45. The van der Waals surface area contributed by atoms with E-state index in [2.05, 4.69) is 4.98 Å². The van der Waals surface area contributed by atoms with Gasteiger partial charge in [0, 0.05) is 12.6 Å². The van der Waals surface area contributed by atoms with Gasteiger partial charge in [0.2, 0.25) is 0 Å². The second-order valence-electron chi connectivity index (χ2n) is 3.20. The quantitative estimate of drug-likeness (QED) is 0.668. The van der Waals surface area contributed by atoms with Crippen LogP contribution in [0.25, 0.3) is 0 Å². The Morgan fingerprint density at radius 3 is 2.79 bits per heavy atom. The molecule has 72 valence electrons. The first-order valence-electron chi connectivity index (χ1n) is 4.36. The van der Waals surface area contributed by atoms with E-state index in [4.69, 9.17) is 0 Å². The Morgan fingerprint density at radius 1 is 1.36 bits per heavy atom.